The van der Waals surface area contributed by atoms with Crippen molar-refractivity contribution in [3.63, 3.8) is 0 Å². The van der Waals surface area contributed by atoms with E-state index < -0.39 is 0 Å². The predicted octanol–water partition coefficient (Wildman–Crippen LogP) is 2.25. The van der Waals surface area contributed by atoms with Crippen LogP contribution in [0, 0.1) is 0 Å². The summed E-state index contributed by atoms with van der Waals surface area (Å²) in [6.07, 6.45) is 3.24. The van der Waals surface area contributed by atoms with Gasteiger partial charge in [-0.3, -0.25) is 0 Å². The van der Waals surface area contributed by atoms with Crippen molar-refractivity contribution in [2.75, 3.05) is 6.61 Å². The summed E-state index contributed by atoms with van der Waals surface area (Å²) in [5.41, 5.74) is 0.781. The summed E-state index contributed by atoms with van der Waals surface area (Å²) in [6.45, 7) is 2.50. The van der Waals surface area contributed by atoms with Gasteiger partial charge in [0.25, 0.3) is 0 Å². The number of rotatable bonds is 3. The van der Waals surface area contributed by atoms with Crippen LogP contribution >= 0.6 is 0 Å². The zero-order chi connectivity index (χ0) is 11.4. The number of ether oxygens (including phenoxy) is 1. The fraction of sp³-hybridized carbons (Fsp3) is 0.167. The highest BCUT2D eigenvalue weighted by Crippen LogP contribution is 2.20. The largest absolute Gasteiger partial charge is 0.508 e. The van der Waals surface area contributed by atoms with Crippen molar-refractivity contribution in [3.8, 4) is 22.9 Å². The molecule has 0 saturated carbocycles. The number of phenols is 1. The molecule has 0 aliphatic rings. The van der Waals surface area contributed by atoms with Crippen molar-refractivity contribution in [2.45, 2.75) is 6.92 Å². The Morgan fingerprint density at radius 2 is 2.00 bits per heavy atom. The smallest absolute Gasteiger partial charge is 0.159 e. The maximum absolute atomic E-state index is 9.33. The van der Waals surface area contributed by atoms with Crippen LogP contribution in [-0.2, 0) is 0 Å². The molecule has 0 amide bonds. The van der Waals surface area contributed by atoms with Crippen LogP contribution < -0.4 is 4.74 Å². The Balaban J connectivity index is 2.27. The molecular weight excluding hydrogens is 204 g/mol. The highest BCUT2D eigenvalue weighted by molar-refractivity contribution is 5.57. The van der Waals surface area contributed by atoms with Gasteiger partial charge in [0.2, 0.25) is 0 Å². The third-order valence-corrected chi connectivity index (χ3v) is 2.04. The normalized spacial score (nSPS) is 10.1. The van der Waals surface area contributed by atoms with Crippen LogP contribution in [0.25, 0.3) is 11.4 Å². The van der Waals surface area contributed by atoms with E-state index in [-0.39, 0.29) is 5.75 Å². The van der Waals surface area contributed by atoms with E-state index in [1.807, 2.05) is 13.0 Å². The topological polar surface area (TPSA) is 55.2 Å². The number of aromatic nitrogens is 2. The molecule has 0 saturated heterocycles. The van der Waals surface area contributed by atoms with Crippen molar-refractivity contribution >= 4 is 0 Å². The Morgan fingerprint density at radius 3 is 2.62 bits per heavy atom. The minimum Gasteiger partial charge on any atom is -0.508 e. The lowest BCUT2D eigenvalue weighted by Crippen LogP contribution is -1.94. The van der Waals surface area contributed by atoms with Crippen LogP contribution in [0.4, 0.5) is 0 Å². The minimum atomic E-state index is 0.204. The summed E-state index contributed by atoms with van der Waals surface area (Å²) in [6, 6.07) is 6.83. The van der Waals surface area contributed by atoms with E-state index in [2.05, 4.69) is 9.97 Å². The molecule has 0 spiro atoms. The van der Waals surface area contributed by atoms with Crippen LogP contribution in [0.15, 0.2) is 36.7 Å². The molecule has 0 bridgehead atoms. The van der Waals surface area contributed by atoms with E-state index >= 15 is 0 Å². The Bertz CT molecular complexity index is 469. The molecule has 1 aromatic carbocycles. The monoisotopic (exact) mass is 216 g/mol. The first-order valence-corrected chi connectivity index (χ1v) is 5.04. The van der Waals surface area contributed by atoms with Gasteiger partial charge in [-0.25, -0.2) is 9.97 Å². The minimum absolute atomic E-state index is 0.204. The SMILES string of the molecule is CCOc1cnc(-c2cccc(O)c2)nc1. The number of hydrogen-bond acceptors (Lipinski definition) is 4. The van der Waals surface area contributed by atoms with Gasteiger partial charge in [-0.15, -0.1) is 0 Å². The summed E-state index contributed by atoms with van der Waals surface area (Å²) in [4.78, 5) is 8.32. The van der Waals surface area contributed by atoms with Gasteiger partial charge in [-0.2, -0.15) is 0 Å². The summed E-state index contributed by atoms with van der Waals surface area (Å²) in [5, 5.41) is 9.33. The second-order valence-electron chi connectivity index (χ2n) is 3.23. The van der Waals surface area contributed by atoms with Gasteiger partial charge in [0.05, 0.1) is 19.0 Å². The molecule has 82 valence electrons. The fourth-order valence-electron chi connectivity index (χ4n) is 1.35. The molecule has 16 heavy (non-hydrogen) atoms. The second-order valence-corrected chi connectivity index (χ2v) is 3.23. The number of benzene rings is 1. The van der Waals surface area contributed by atoms with E-state index in [1.165, 1.54) is 0 Å². The van der Waals surface area contributed by atoms with Crippen molar-refractivity contribution in [1.29, 1.82) is 0 Å². The summed E-state index contributed by atoms with van der Waals surface area (Å²) < 4.78 is 5.25. The van der Waals surface area contributed by atoms with Crippen LogP contribution in [0.5, 0.6) is 11.5 Å². The van der Waals surface area contributed by atoms with Crippen molar-refractivity contribution < 1.29 is 9.84 Å². The first kappa shape index (κ1) is 10.4. The lowest BCUT2D eigenvalue weighted by molar-refractivity contribution is 0.337. The van der Waals surface area contributed by atoms with Crippen molar-refractivity contribution in [1.82, 2.24) is 9.97 Å². The van der Waals surface area contributed by atoms with Gasteiger partial charge in [0.1, 0.15) is 5.75 Å². The maximum Gasteiger partial charge on any atom is 0.159 e. The van der Waals surface area contributed by atoms with Crippen LogP contribution in [0.3, 0.4) is 0 Å². The average Bonchev–Trinajstić information content (AvgIpc) is 2.30. The van der Waals surface area contributed by atoms with Crippen molar-refractivity contribution in [3.05, 3.63) is 36.7 Å². The van der Waals surface area contributed by atoms with Gasteiger partial charge in [-0.05, 0) is 19.1 Å². The molecular formula is C12H12N2O2. The molecule has 4 heteroatoms. The van der Waals surface area contributed by atoms with Gasteiger partial charge < -0.3 is 9.84 Å². The Morgan fingerprint density at radius 1 is 1.25 bits per heavy atom. The van der Waals surface area contributed by atoms with Gasteiger partial charge in [0, 0.05) is 5.56 Å². The lowest BCUT2D eigenvalue weighted by Gasteiger charge is -2.03. The molecule has 0 unspecified atom stereocenters. The molecule has 1 heterocycles. The van der Waals surface area contributed by atoms with E-state index in [4.69, 9.17) is 4.74 Å². The zero-order valence-electron chi connectivity index (χ0n) is 8.92. The fourth-order valence-corrected chi connectivity index (χ4v) is 1.35. The summed E-state index contributed by atoms with van der Waals surface area (Å²) in [7, 11) is 0. The summed E-state index contributed by atoms with van der Waals surface area (Å²) >= 11 is 0. The number of nitrogens with zero attached hydrogens (tertiary/aromatic N) is 2. The second kappa shape index (κ2) is 4.61. The molecule has 0 fully saturated rings. The molecule has 4 nitrogen and oxygen atoms in total. The van der Waals surface area contributed by atoms with Crippen LogP contribution in [-0.4, -0.2) is 21.7 Å². The highest BCUT2D eigenvalue weighted by Gasteiger charge is 2.02. The zero-order valence-corrected chi connectivity index (χ0v) is 8.92. The quantitative estimate of drug-likeness (QED) is 0.854. The maximum atomic E-state index is 9.33. The molecule has 1 aromatic heterocycles. The Labute approximate surface area is 93.6 Å². The third-order valence-electron chi connectivity index (χ3n) is 2.04. The highest BCUT2D eigenvalue weighted by atomic mass is 16.5. The van der Waals surface area contributed by atoms with Crippen LogP contribution in [0.1, 0.15) is 6.92 Å². The molecule has 1 N–H and O–H groups in total. The number of hydrogen-bond donors (Lipinski definition) is 1. The molecule has 0 radical (unpaired) electrons. The summed E-state index contributed by atoms with van der Waals surface area (Å²) in [5.74, 6) is 1.42. The van der Waals surface area contributed by atoms with Crippen molar-refractivity contribution in [2.24, 2.45) is 0 Å². The van der Waals surface area contributed by atoms with E-state index in [1.54, 1.807) is 30.6 Å². The average molecular weight is 216 g/mol. The Kier molecular flexibility index (Phi) is 3.00. The molecule has 0 aliphatic carbocycles. The standard InChI is InChI=1S/C12H12N2O2/c1-2-16-11-7-13-12(14-8-11)9-4-3-5-10(15)6-9/h3-8,15H,2H2,1H3. The molecule has 2 aromatic rings. The van der Waals surface area contributed by atoms with E-state index in [9.17, 15) is 5.11 Å². The predicted molar refractivity (Wildman–Crippen MR) is 60.3 cm³/mol. The third kappa shape index (κ3) is 2.28. The van der Waals surface area contributed by atoms with E-state index in [0.29, 0.717) is 18.2 Å². The molecule has 2 rings (SSSR count). The molecule has 0 atom stereocenters. The first-order valence-electron chi connectivity index (χ1n) is 5.04. The number of aromatic hydroxyl groups is 1. The van der Waals surface area contributed by atoms with Gasteiger partial charge >= 0.3 is 0 Å². The number of phenolic OH excluding ortho intramolecular Hbond substituents is 1. The lowest BCUT2D eigenvalue weighted by atomic mass is 10.2. The van der Waals surface area contributed by atoms with Gasteiger partial charge in [-0.1, -0.05) is 12.1 Å². The van der Waals surface area contributed by atoms with Gasteiger partial charge in [0.15, 0.2) is 11.6 Å². The van der Waals surface area contributed by atoms with Crippen LogP contribution in [0.2, 0.25) is 0 Å². The first-order chi connectivity index (χ1) is 7.79. The van der Waals surface area contributed by atoms with E-state index in [0.717, 1.165) is 5.56 Å². The Hall–Kier alpha value is -2.10. The molecule has 0 aliphatic heterocycles.